The van der Waals surface area contributed by atoms with Gasteiger partial charge >= 0.3 is 0 Å². The zero-order chi connectivity index (χ0) is 27.0. The Balaban J connectivity index is 0.000000356. The molecule has 0 bridgehead atoms. The number of aliphatic hydroxyl groups excluding tert-OH is 1. The fourth-order valence-electron chi connectivity index (χ4n) is 3.11. The number of carbonyl (C=O) groups is 1. The molecule has 0 radical (unpaired) electrons. The van der Waals surface area contributed by atoms with E-state index in [-0.39, 0.29) is 29.6 Å². The molecule has 4 aromatic rings. The van der Waals surface area contributed by atoms with Crippen LogP contribution in [0.5, 0.6) is 0 Å². The third-order valence-corrected chi connectivity index (χ3v) is 5.18. The van der Waals surface area contributed by atoms with E-state index < -0.39 is 0 Å². The van der Waals surface area contributed by atoms with E-state index in [1.54, 1.807) is 38.4 Å². The van der Waals surface area contributed by atoms with Gasteiger partial charge in [-0.1, -0.05) is 56.3 Å². The van der Waals surface area contributed by atoms with E-state index in [1.165, 1.54) is 16.7 Å². The van der Waals surface area contributed by atoms with Gasteiger partial charge in [0.05, 0.1) is 0 Å². The van der Waals surface area contributed by atoms with Crippen LogP contribution in [-0.2, 0) is 11.8 Å². The van der Waals surface area contributed by atoms with Crippen molar-refractivity contribution in [3.8, 4) is 11.5 Å². The quantitative estimate of drug-likeness (QED) is 0.355. The summed E-state index contributed by atoms with van der Waals surface area (Å²) >= 11 is 0. The number of hydrogen-bond donors (Lipinski definition) is 3. The van der Waals surface area contributed by atoms with Gasteiger partial charge in [-0.05, 0) is 36.2 Å². The monoisotopic (exact) mass is 503 g/mol. The number of carbonyl (C=O) groups excluding carboxylic acids is 1. The van der Waals surface area contributed by atoms with E-state index in [1.807, 2.05) is 51.1 Å². The van der Waals surface area contributed by atoms with Gasteiger partial charge in [-0.3, -0.25) is 4.79 Å². The number of anilines is 3. The molecule has 0 aliphatic rings. The fraction of sp³-hybridized carbons (Fsp3) is 0.296. The first-order chi connectivity index (χ1) is 17.6. The van der Waals surface area contributed by atoms with Crippen LogP contribution in [0.4, 0.5) is 17.5 Å². The summed E-state index contributed by atoms with van der Waals surface area (Å²) < 4.78 is 5.29. The van der Waals surface area contributed by atoms with Crippen LogP contribution < -0.4 is 11.1 Å². The number of nitrogen functional groups attached to an aromatic ring is 1. The Kier molecular flexibility index (Phi) is 8.91. The number of hydrogen-bond acceptors (Lipinski definition) is 9. The molecular weight excluding hydrogens is 470 g/mol. The summed E-state index contributed by atoms with van der Waals surface area (Å²) in [4.78, 5) is 26.4. The largest absolute Gasteiger partial charge is 0.396 e. The van der Waals surface area contributed by atoms with Gasteiger partial charge < -0.3 is 25.6 Å². The van der Waals surface area contributed by atoms with Crippen molar-refractivity contribution < 1.29 is 14.4 Å². The molecule has 0 saturated carbocycles. The van der Waals surface area contributed by atoms with Crippen molar-refractivity contribution in [2.45, 2.75) is 32.6 Å². The van der Waals surface area contributed by atoms with E-state index in [9.17, 15) is 4.79 Å². The number of nitrogens with one attached hydrogen (secondary N) is 1. The van der Waals surface area contributed by atoms with E-state index in [2.05, 4.69) is 25.4 Å². The van der Waals surface area contributed by atoms with Crippen molar-refractivity contribution >= 4 is 23.4 Å². The van der Waals surface area contributed by atoms with Gasteiger partial charge in [-0.15, -0.1) is 0 Å². The normalized spacial score (nSPS) is 10.9. The molecule has 0 atom stereocenters. The molecule has 1 amide bonds. The summed E-state index contributed by atoms with van der Waals surface area (Å²) in [7, 11) is 3.42. The Hall–Kier alpha value is -4.31. The Morgan fingerprint density at radius 2 is 1.73 bits per heavy atom. The molecule has 0 saturated heterocycles. The Labute approximate surface area is 216 Å². The predicted octanol–water partition coefficient (Wildman–Crippen LogP) is 4.07. The van der Waals surface area contributed by atoms with Crippen LogP contribution in [0.25, 0.3) is 11.5 Å². The van der Waals surface area contributed by atoms with Crippen LogP contribution in [0.2, 0.25) is 0 Å². The molecule has 0 unspecified atom stereocenters. The fourth-order valence-corrected chi connectivity index (χ4v) is 3.11. The van der Waals surface area contributed by atoms with Gasteiger partial charge in [0.15, 0.2) is 5.82 Å². The lowest BCUT2D eigenvalue weighted by Crippen LogP contribution is -2.21. The van der Waals surface area contributed by atoms with Crippen molar-refractivity contribution in [1.82, 2.24) is 25.0 Å². The molecule has 10 heteroatoms. The topological polar surface area (TPSA) is 143 Å². The molecule has 194 valence electrons. The first-order valence-electron chi connectivity index (χ1n) is 11.8. The number of aliphatic hydroxyl groups is 1. The first kappa shape index (κ1) is 27.3. The lowest BCUT2D eigenvalue weighted by atomic mass is 9.96. The number of aromatic nitrogens is 4. The second kappa shape index (κ2) is 12.1. The number of amides is 1. The summed E-state index contributed by atoms with van der Waals surface area (Å²) in [5.74, 6) is 1.34. The first-order valence-corrected chi connectivity index (χ1v) is 11.8. The summed E-state index contributed by atoms with van der Waals surface area (Å²) in [6.07, 6.45) is 2.30. The second-order valence-corrected chi connectivity index (χ2v) is 9.53. The average Bonchev–Trinajstić information content (AvgIpc) is 3.36. The Morgan fingerprint density at radius 3 is 2.27 bits per heavy atom. The number of benzene rings is 2. The minimum atomic E-state index is -0.237. The molecule has 0 aliphatic carbocycles. The third kappa shape index (κ3) is 7.58. The van der Waals surface area contributed by atoms with Crippen molar-refractivity contribution in [3.63, 3.8) is 0 Å². The molecule has 0 aliphatic heterocycles. The van der Waals surface area contributed by atoms with Crippen LogP contribution in [0.3, 0.4) is 0 Å². The molecule has 2 heterocycles. The van der Waals surface area contributed by atoms with Crippen molar-refractivity contribution in [1.29, 1.82) is 0 Å². The Bertz CT molecular complexity index is 1300. The highest BCUT2D eigenvalue weighted by atomic mass is 16.5. The van der Waals surface area contributed by atoms with Crippen LogP contribution in [0.15, 0.2) is 65.3 Å². The zero-order valence-electron chi connectivity index (χ0n) is 21.8. The van der Waals surface area contributed by atoms with Crippen molar-refractivity contribution in [3.05, 3.63) is 77.7 Å². The van der Waals surface area contributed by atoms with E-state index in [0.717, 1.165) is 12.1 Å². The van der Waals surface area contributed by atoms with Gasteiger partial charge in [-0.2, -0.15) is 9.97 Å². The van der Waals surface area contributed by atoms with Crippen LogP contribution in [0.1, 0.15) is 42.5 Å². The predicted molar refractivity (Wildman–Crippen MR) is 143 cm³/mol. The maximum absolute atomic E-state index is 11.9. The smallest absolute Gasteiger partial charge is 0.263 e. The number of rotatable bonds is 6. The lowest BCUT2D eigenvalue weighted by molar-refractivity contribution is 0.0827. The summed E-state index contributed by atoms with van der Waals surface area (Å²) in [6, 6.07) is 17.0. The minimum absolute atomic E-state index is 0.0643. The van der Waals surface area contributed by atoms with Gasteiger partial charge in [-0.25, -0.2) is 4.98 Å². The molecular formula is C27H33N7O3. The second-order valence-electron chi connectivity index (χ2n) is 9.53. The number of nitrogens with two attached hydrogens (primary N) is 1. The van der Waals surface area contributed by atoms with Crippen molar-refractivity contribution in [2.24, 2.45) is 0 Å². The molecule has 2 aromatic heterocycles. The van der Waals surface area contributed by atoms with E-state index >= 15 is 0 Å². The summed E-state index contributed by atoms with van der Waals surface area (Å²) in [5.41, 5.74) is 8.81. The van der Waals surface area contributed by atoms with Crippen LogP contribution in [0, 0.1) is 0 Å². The SMILES string of the molecule is CN(C)C(=O)c1ccc(Nc2ncc(-c3nc(C(C)(C)C)no3)c(N)n2)cc1.OCCc1ccccc1. The standard InChI is InChI=1S/C19H23N7O2.C8H10O/c1-19(2,3)17-24-15(28-25-17)13-10-21-18(23-14(13)20)22-12-8-6-11(7-9-12)16(27)26(4)5;9-7-6-8-4-2-1-3-5-8/h6-10H,1-5H3,(H3,20,21,22,23);1-5,9H,6-7H2. The highest BCUT2D eigenvalue weighted by molar-refractivity contribution is 5.94. The highest BCUT2D eigenvalue weighted by Gasteiger charge is 2.23. The minimum Gasteiger partial charge on any atom is -0.396 e. The maximum atomic E-state index is 11.9. The van der Waals surface area contributed by atoms with Gasteiger partial charge in [0.1, 0.15) is 11.4 Å². The molecule has 2 aromatic carbocycles. The van der Waals surface area contributed by atoms with Crippen LogP contribution >= 0.6 is 0 Å². The zero-order valence-corrected chi connectivity index (χ0v) is 21.8. The van der Waals surface area contributed by atoms with Gasteiger partial charge in [0, 0.05) is 43.6 Å². The Morgan fingerprint density at radius 1 is 1.05 bits per heavy atom. The van der Waals surface area contributed by atoms with Crippen LogP contribution in [-0.4, -0.2) is 56.7 Å². The molecule has 0 fully saturated rings. The summed E-state index contributed by atoms with van der Waals surface area (Å²) in [5, 5.41) is 15.6. The molecule has 4 N–H and O–H groups in total. The maximum Gasteiger partial charge on any atom is 0.263 e. The molecule has 4 rings (SSSR count). The highest BCUT2D eigenvalue weighted by Crippen LogP contribution is 2.27. The van der Waals surface area contributed by atoms with Gasteiger partial charge in [0.2, 0.25) is 5.95 Å². The van der Waals surface area contributed by atoms with Gasteiger partial charge in [0.25, 0.3) is 11.8 Å². The van der Waals surface area contributed by atoms with Crippen molar-refractivity contribution in [2.75, 3.05) is 31.8 Å². The third-order valence-electron chi connectivity index (χ3n) is 5.18. The summed E-state index contributed by atoms with van der Waals surface area (Å²) in [6.45, 7) is 6.22. The van der Waals surface area contributed by atoms with E-state index in [0.29, 0.717) is 22.9 Å². The molecule has 0 spiro atoms. The number of nitrogens with zero attached hydrogens (tertiary/aromatic N) is 5. The lowest BCUT2D eigenvalue weighted by Gasteiger charge is -2.11. The van der Waals surface area contributed by atoms with E-state index in [4.69, 9.17) is 15.4 Å². The molecule has 10 nitrogen and oxygen atoms in total. The average molecular weight is 504 g/mol. The molecule has 37 heavy (non-hydrogen) atoms.